The van der Waals surface area contributed by atoms with Gasteiger partial charge in [-0.1, -0.05) is 19.1 Å². The Morgan fingerprint density at radius 2 is 2.00 bits per heavy atom. The van der Waals surface area contributed by atoms with Gasteiger partial charge in [0.25, 0.3) is 0 Å². The molecule has 0 unspecified atom stereocenters. The summed E-state index contributed by atoms with van der Waals surface area (Å²) in [5.74, 6) is -0.745. The van der Waals surface area contributed by atoms with Crippen LogP contribution in [0.15, 0.2) is 47.5 Å². The van der Waals surface area contributed by atoms with Gasteiger partial charge < -0.3 is 5.73 Å². The van der Waals surface area contributed by atoms with E-state index in [-0.39, 0.29) is 23.7 Å². The second-order valence-electron chi connectivity index (χ2n) is 4.40. The van der Waals surface area contributed by atoms with Crippen LogP contribution >= 0.6 is 0 Å². The molecule has 0 bridgehead atoms. The Bertz CT molecular complexity index is 720. The van der Waals surface area contributed by atoms with Crippen molar-refractivity contribution in [3.05, 3.63) is 54.1 Å². The molecule has 0 fully saturated rings. The van der Waals surface area contributed by atoms with Gasteiger partial charge in [-0.15, -0.1) is 0 Å². The number of sulfonamides is 1. The number of hydrogen-bond donors (Lipinski definition) is 1. The van der Waals surface area contributed by atoms with Crippen LogP contribution in [0, 0.1) is 5.82 Å². The lowest BCUT2D eigenvalue weighted by molar-refractivity contribution is 0.419. The largest absolute Gasteiger partial charge is 0.395 e. The zero-order chi connectivity index (χ0) is 15.5. The third-order valence-electron chi connectivity index (χ3n) is 3.05. The van der Waals surface area contributed by atoms with Crippen molar-refractivity contribution in [3.8, 4) is 0 Å². The fraction of sp³-hybridized carbons (Fsp3) is 0.214. The molecule has 0 radical (unpaired) electrons. The Hall–Kier alpha value is -1.99. The topological polar surface area (TPSA) is 76.3 Å². The predicted octanol–water partition coefficient (Wildman–Crippen LogP) is 2.01. The van der Waals surface area contributed by atoms with Gasteiger partial charge in [-0.2, -0.15) is 4.31 Å². The standard InChI is InChI=1S/C14H16FN3O2S/c1-2-18(10-11-6-3-4-9-17-11)21(19,20)13-8-5-7-12(15)14(13)16/h3-9H,2,10,16H2,1H3. The van der Waals surface area contributed by atoms with E-state index < -0.39 is 15.8 Å². The van der Waals surface area contributed by atoms with Gasteiger partial charge in [0, 0.05) is 12.7 Å². The molecule has 21 heavy (non-hydrogen) atoms. The molecular formula is C14H16FN3O2S. The molecule has 0 atom stereocenters. The maximum Gasteiger partial charge on any atom is 0.245 e. The van der Waals surface area contributed by atoms with Crippen LogP contribution in [0.1, 0.15) is 12.6 Å². The molecule has 0 spiro atoms. The summed E-state index contributed by atoms with van der Waals surface area (Å²) in [5.41, 5.74) is 5.80. The van der Waals surface area contributed by atoms with Crippen LogP contribution in [0.25, 0.3) is 0 Å². The summed E-state index contributed by atoms with van der Waals surface area (Å²) < 4.78 is 39.9. The minimum Gasteiger partial charge on any atom is -0.395 e. The molecule has 0 saturated carbocycles. The molecule has 1 heterocycles. The highest BCUT2D eigenvalue weighted by atomic mass is 32.2. The van der Waals surface area contributed by atoms with Crippen molar-refractivity contribution >= 4 is 15.7 Å². The lowest BCUT2D eigenvalue weighted by atomic mass is 10.3. The van der Waals surface area contributed by atoms with Gasteiger partial charge in [0.05, 0.1) is 17.9 Å². The number of hydrogen-bond acceptors (Lipinski definition) is 4. The average molecular weight is 309 g/mol. The fourth-order valence-electron chi connectivity index (χ4n) is 1.92. The number of nitrogen functional groups attached to an aromatic ring is 1. The van der Waals surface area contributed by atoms with Crippen molar-refractivity contribution in [3.63, 3.8) is 0 Å². The Labute approximate surface area is 123 Å². The summed E-state index contributed by atoms with van der Waals surface area (Å²) in [6, 6.07) is 9.01. The third-order valence-corrected chi connectivity index (χ3v) is 5.03. The molecular weight excluding hydrogens is 293 g/mol. The van der Waals surface area contributed by atoms with Crippen LogP contribution in [0.4, 0.5) is 10.1 Å². The number of halogens is 1. The summed E-state index contributed by atoms with van der Waals surface area (Å²) in [6.07, 6.45) is 1.59. The molecule has 0 amide bonds. The Morgan fingerprint density at radius 3 is 2.62 bits per heavy atom. The van der Waals surface area contributed by atoms with Crippen molar-refractivity contribution in [1.29, 1.82) is 0 Å². The highest BCUT2D eigenvalue weighted by Gasteiger charge is 2.26. The van der Waals surface area contributed by atoms with Crippen molar-refractivity contribution in [2.45, 2.75) is 18.4 Å². The van der Waals surface area contributed by atoms with Crippen LogP contribution < -0.4 is 5.73 Å². The first-order valence-electron chi connectivity index (χ1n) is 6.41. The average Bonchev–Trinajstić information content (AvgIpc) is 2.48. The Morgan fingerprint density at radius 1 is 1.24 bits per heavy atom. The monoisotopic (exact) mass is 309 g/mol. The molecule has 0 aliphatic heterocycles. The quantitative estimate of drug-likeness (QED) is 0.857. The van der Waals surface area contributed by atoms with Gasteiger partial charge >= 0.3 is 0 Å². The molecule has 1 aromatic carbocycles. The summed E-state index contributed by atoms with van der Waals surface area (Å²) in [7, 11) is -3.87. The molecule has 7 heteroatoms. The van der Waals surface area contributed by atoms with E-state index in [1.165, 1.54) is 16.4 Å². The normalized spacial score (nSPS) is 11.8. The number of nitrogens with two attached hydrogens (primary N) is 1. The molecule has 2 N–H and O–H groups in total. The maximum absolute atomic E-state index is 13.5. The van der Waals surface area contributed by atoms with E-state index in [0.717, 1.165) is 6.07 Å². The van der Waals surface area contributed by atoms with E-state index in [1.54, 1.807) is 31.3 Å². The number of benzene rings is 1. The minimum atomic E-state index is -3.87. The second-order valence-corrected chi connectivity index (χ2v) is 6.31. The van der Waals surface area contributed by atoms with Gasteiger partial charge in [-0.05, 0) is 24.3 Å². The molecule has 2 rings (SSSR count). The van der Waals surface area contributed by atoms with E-state index in [4.69, 9.17) is 5.73 Å². The Balaban J connectivity index is 2.38. The van der Waals surface area contributed by atoms with Crippen LogP contribution in [-0.4, -0.2) is 24.3 Å². The van der Waals surface area contributed by atoms with Crippen LogP contribution in [0.3, 0.4) is 0 Å². The van der Waals surface area contributed by atoms with Crippen LogP contribution in [-0.2, 0) is 16.6 Å². The molecule has 112 valence electrons. The van der Waals surface area contributed by atoms with Gasteiger partial charge in [0.2, 0.25) is 10.0 Å². The first kappa shape index (κ1) is 15.4. The predicted molar refractivity (Wildman–Crippen MR) is 78.3 cm³/mol. The maximum atomic E-state index is 13.5. The number of pyridine rings is 1. The van der Waals surface area contributed by atoms with Gasteiger partial charge in [0.15, 0.2) is 0 Å². The summed E-state index contributed by atoms with van der Waals surface area (Å²) in [4.78, 5) is 3.88. The van der Waals surface area contributed by atoms with E-state index in [9.17, 15) is 12.8 Å². The molecule has 0 aliphatic carbocycles. The first-order valence-corrected chi connectivity index (χ1v) is 7.85. The van der Waals surface area contributed by atoms with Crippen molar-refractivity contribution in [1.82, 2.24) is 9.29 Å². The summed E-state index contributed by atoms with van der Waals surface area (Å²) in [6.45, 7) is 2.04. The summed E-state index contributed by atoms with van der Waals surface area (Å²) >= 11 is 0. The van der Waals surface area contributed by atoms with E-state index in [2.05, 4.69) is 4.98 Å². The molecule has 0 saturated heterocycles. The fourth-order valence-corrected chi connectivity index (χ4v) is 3.47. The number of para-hydroxylation sites is 1. The number of anilines is 1. The second kappa shape index (κ2) is 6.19. The summed E-state index contributed by atoms with van der Waals surface area (Å²) in [5, 5.41) is 0. The highest BCUT2D eigenvalue weighted by Crippen LogP contribution is 2.25. The van der Waals surface area contributed by atoms with Crippen molar-refractivity contribution in [2.24, 2.45) is 0 Å². The lowest BCUT2D eigenvalue weighted by Crippen LogP contribution is -2.31. The molecule has 2 aromatic rings. The molecule has 1 aromatic heterocycles. The van der Waals surface area contributed by atoms with Gasteiger partial charge in [-0.3, -0.25) is 4.98 Å². The SMILES string of the molecule is CCN(Cc1ccccn1)S(=O)(=O)c1cccc(F)c1N. The molecule has 5 nitrogen and oxygen atoms in total. The number of rotatable bonds is 5. The first-order chi connectivity index (χ1) is 9.96. The number of nitrogens with zero attached hydrogens (tertiary/aromatic N) is 2. The highest BCUT2D eigenvalue weighted by molar-refractivity contribution is 7.89. The van der Waals surface area contributed by atoms with Gasteiger partial charge in [-0.25, -0.2) is 12.8 Å². The molecule has 0 aliphatic rings. The van der Waals surface area contributed by atoms with E-state index in [1.807, 2.05) is 0 Å². The Kier molecular flexibility index (Phi) is 4.54. The smallest absolute Gasteiger partial charge is 0.245 e. The van der Waals surface area contributed by atoms with Crippen LogP contribution in [0.2, 0.25) is 0 Å². The van der Waals surface area contributed by atoms with Crippen molar-refractivity contribution < 1.29 is 12.8 Å². The van der Waals surface area contributed by atoms with E-state index in [0.29, 0.717) is 5.69 Å². The zero-order valence-corrected chi connectivity index (χ0v) is 12.3. The van der Waals surface area contributed by atoms with Crippen molar-refractivity contribution in [2.75, 3.05) is 12.3 Å². The number of aromatic nitrogens is 1. The van der Waals surface area contributed by atoms with E-state index >= 15 is 0 Å². The lowest BCUT2D eigenvalue weighted by Gasteiger charge is -2.21. The zero-order valence-electron chi connectivity index (χ0n) is 11.5. The third kappa shape index (κ3) is 3.20. The van der Waals surface area contributed by atoms with Crippen LogP contribution in [0.5, 0.6) is 0 Å². The van der Waals surface area contributed by atoms with Gasteiger partial charge in [0.1, 0.15) is 10.7 Å². The minimum absolute atomic E-state index is 0.107.